The van der Waals surface area contributed by atoms with Gasteiger partial charge >= 0.3 is 5.97 Å². The van der Waals surface area contributed by atoms with Crippen LogP contribution in [0.1, 0.15) is 35.3 Å². The van der Waals surface area contributed by atoms with E-state index >= 15 is 0 Å². The Hall–Kier alpha value is -4.28. The van der Waals surface area contributed by atoms with Crippen molar-refractivity contribution in [3.63, 3.8) is 0 Å². The van der Waals surface area contributed by atoms with Crippen molar-refractivity contribution in [3.05, 3.63) is 53.6 Å². The largest absolute Gasteiger partial charge is 0.466 e. The van der Waals surface area contributed by atoms with Crippen LogP contribution >= 0.6 is 0 Å². The Morgan fingerprint density at radius 1 is 1.15 bits per heavy atom. The van der Waals surface area contributed by atoms with E-state index in [2.05, 4.69) is 16.0 Å². The standard InChI is InChI=1S/C22H25N5O6/c1-2-31-20(29)10-16(13-6-7-17-18(9-13)33-12-32-17)27-19(28)11-25-21(30)14-4-3-5-15(8-14)26-22(23)24/h3-9,16H,2,10-12H2,1H3,(H,25,30)(H,27,28)(H4,23,24,26). The van der Waals surface area contributed by atoms with Crippen LogP contribution < -0.4 is 31.2 Å². The first-order valence-corrected chi connectivity index (χ1v) is 10.2. The van der Waals surface area contributed by atoms with Crippen molar-refractivity contribution in [2.24, 2.45) is 5.73 Å². The molecule has 174 valence electrons. The number of amides is 2. The number of hydrogen-bond acceptors (Lipinski definition) is 7. The van der Waals surface area contributed by atoms with Crippen LogP contribution in [-0.4, -0.2) is 43.7 Å². The third kappa shape index (κ3) is 6.60. The molecule has 33 heavy (non-hydrogen) atoms. The molecule has 0 bridgehead atoms. The van der Waals surface area contributed by atoms with Gasteiger partial charge in [-0.15, -0.1) is 0 Å². The fourth-order valence-electron chi connectivity index (χ4n) is 3.17. The minimum atomic E-state index is -0.689. The molecule has 11 nitrogen and oxygen atoms in total. The summed E-state index contributed by atoms with van der Waals surface area (Å²) < 4.78 is 15.7. The third-order valence-corrected chi connectivity index (χ3v) is 4.62. The number of benzene rings is 2. The minimum absolute atomic E-state index is 0.0913. The van der Waals surface area contributed by atoms with Crippen LogP contribution in [0.2, 0.25) is 0 Å². The highest BCUT2D eigenvalue weighted by Gasteiger charge is 2.23. The highest BCUT2D eigenvalue weighted by atomic mass is 16.7. The summed E-state index contributed by atoms with van der Waals surface area (Å²) in [7, 11) is 0. The summed E-state index contributed by atoms with van der Waals surface area (Å²) in [6.45, 7) is 1.70. The summed E-state index contributed by atoms with van der Waals surface area (Å²) in [5.74, 6) is -0.616. The first-order valence-electron chi connectivity index (χ1n) is 10.2. The molecule has 0 saturated heterocycles. The summed E-state index contributed by atoms with van der Waals surface area (Å²) in [5.41, 5.74) is 6.69. The first kappa shape index (κ1) is 23.4. The fraction of sp³-hybridized carbons (Fsp3) is 0.273. The predicted octanol–water partition coefficient (Wildman–Crippen LogP) is 1.26. The van der Waals surface area contributed by atoms with Crippen molar-refractivity contribution in [1.29, 1.82) is 5.41 Å². The van der Waals surface area contributed by atoms with Crippen LogP contribution in [0.5, 0.6) is 11.5 Å². The van der Waals surface area contributed by atoms with Crippen molar-refractivity contribution in [2.45, 2.75) is 19.4 Å². The van der Waals surface area contributed by atoms with Gasteiger partial charge in [-0.1, -0.05) is 12.1 Å². The summed E-state index contributed by atoms with van der Waals surface area (Å²) in [6, 6.07) is 10.8. The van der Waals surface area contributed by atoms with Gasteiger partial charge < -0.3 is 35.9 Å². The van der Waals surface area contributed by atoms with Crippen LogP contribution in [-0.2, 0) is 14.3 Å². The second-order valence-electron chi connectivity index (χ2n) is 7.04. The lowest BCUT2D eigenvalue weighted by Gasteiger charge is -2.19. The molecule has 3 rings (SSSR count). The second kappa shape index (κ2) is 10.8. The number of hydrogen-bond donors (Lipinski definition) is 5. The SMILES string of the molecule is CCOC(=O)CC(NC(=O)CNC(=O)c1cccc(NC(=N)N)c1)c1ccc2c(c1)OCO2. The Labute approximate surface area is 190 Å². The first-order chi connectivity index (χ1) is 15.9. The van der Waals surface area contributed by atoms with Crippen LogP contribution in [0.15, 0.2) is 42.5 Å². The van der Waals surface area contributed by atoms with E-state index in [1.54, 1.807) is 43.3 Å². The normalized spacial score (nSPS) is 12.4. The van der Waals surface area contributed by atoms with Gasteiger partial charge in [-0.3, -0.25) is 19.8 Å². The van der Waals surface area contributed by atoms with E-state index in [0.29, 0.717) is 22.7 Å². The Morgan fingerprint density at radius 3 is 2.70 bits per heavy atom. The number of ether oxygens (including phenoxy) is 3. The molecule has 1 atom stereocenters. The number of carbonyl (C=O) groups excluding carboxylic acids is 3. The van der Waals surface area contributed by atoms with E-state index in [0.717, 1.165) is 0 Å². The van der Waals surface area contributed by atoms with Gasteiger partial charge in [0.25, 0.3) is 5.91 Å². The van der Waals surface area contributed by atoms with Gasteiger partial charge in [0.05, 0.1) is 25.6 Å². The fourth-order valence-corrected chi connectivity index (χ4v) is 3.17. The summed E-state index contributed by atoms with van der Waals surface area (Å²) >= 11 is 0. The predicted molar refractivity (Wildman–Crippen MR) is 119 cm³/mol. The van der Waals surface area contributed by atoms with Crippen LogP contribution in [0.25, 0.3) is 0 Å². The maximum atomic E-state index is 12.6. The molecular weight excluding hydrogens is 430 g/mol. The van der Waals surface area contributed by atoms with Crippen LogP contribution in [0.4, 0.5) is 5.69 Å². The Balaban J connectivity index is 1.63. The number of nitrogens with one attached hydrogen (secondary N) is 4. The minimum Gasteiger partial charge on any atom is -0.466 e. The lowest BCUT2D eigenvalue weighted by Crippen LogP contribution is -2.39. The lowest BCUT2D eigenvalue weighted by molar-refractivity contribution is -0.143. The number of nitrogens with two attached hydrogens (primary N) is 1. The van der Waals surface area contributed by atoms with Crippen molar-refractivity contribution < 1.29 is 28.6 Å². The number of carbonyl (C=O) groups is 3. The molecule has 1 unspecified atom stereocenters. The number of rotatable bonds is 9. The Kier molecular flexibility index (Phi) is 7.68. The van der Waals surface area contributed by atoms with E-state index < -0.39 is 23.8 Å². The zero-order chi connectivity index (χ0) is 23.8. The van der Waals surface area contributed by atoms with Gasteiger partial charge in [0.15, 0.2) is 17.5 Å². The molecule has 11 heteroatoms. The number of fused-ring (bicyclic) bond motifs is 1. The monoisotopic (exact) mass is 455 g/mol. The maximum Gasteiger partial charge on any atom is 0.308 e. The van der Waals surface area contributed by atoms with Gasteiger partial charge in [0.1, 0.15) is 0 Å². The highest BCUT2D eigenvalue weighted by molar-refractivity contribution is 5.98. The molecule has 0 saturated carbocycles. The quantitative estimate of drug-likeness (QED) is 0.214. The number of anilines is 1. The Morgan fingerprint density at radius 2 is 1.94 bits per heavy atom. The van der Waals surface area contributed by atoms with Gasteiger partial charge in [0, 0.05) is 11.3 Å². The zero-order valence-corrected chi connectivity index (χ0v) is 18.0. The van der Waals surface area contributed by atoms with Crippen molar-refractivity contribution in [3.8, 4) is 11.5 Å². The third-order valence-electron chi connectivity index (χ3n) is 4.62. The summed E-state index contributed by atoms with van der Waals surface area (Å²) in [6.07, 6.45) is -0.0913. The molecule has 0 spiro atoms. The highest BCUT2D eigenvalue weighted by Crippen LogP contribution is 2.34. The number of esters is 1. The summed E-state index contributed by atoms with van der Waals surface area (Å²) in [5, 5.41) is 15.1. The molecule has 0 aromatic heterocycles. The molecule has 0 radical (unpaired) electrons. The number of guanidine groups is 1. The molecule has 1 aliphatic heterocycles. The molecular formula is C22H25N5O6. The van der Waals surface area contributed by atoms with Crippen molar-refractivity contribution in [1.82, 2.24) is 10.6 Å². The van der Waals surface area contributed by atoms with Gasteiger partial charge in [-0.05, 0) is 42.8 Å². The molecule has 2 aromatic carbocycles. The van der Waals surface area contributed by atoms with Gasteiger partial charge in [-0.25, -0.2) is 0 Å². The van der Waals surface area contributed by atoms with E-state index in [9.17, 15) is 14.4 Å². The molecule has 1 heterocycles. The topological polar surface area (TPSA) is 165 Å². The molecule has 2 amide bonds. The Bertz CT molecular complexity index is 1060. The van der Waals surface area contributed by atoms with Crippen molar-refractivity contribution in [2.75, 3.05) is 25.3 Å². The smallest absolute Gasteiger partial charge is 0.308 e. The zero-order valence-electron chi connectivity index (χ0n) is 18.0. The average molecular weight is 455 g/mol. The van der Waals surface area contributed by atoms with E-state index in [-0.39, 0.29) is 37.9 Å². The maximum absolute atomic E-state index is 12.6. The lowest BCUT2D eigenvalue weighted by atomic mass is 10.0. The van der Waals surface area contributed by atoms with E-state index in [4.69, 9.17) is 25.4 Å². The van der Waals surface area contributed by atoms with Crippen molar-refractivity contribution >= 4 is 29.4 Å². The van der Waals surface area contributed by atoms with Crippen LogP contribution in [0.3, 0.4) is 0 Å². The second-order valence-corrected chi connectivity index (χ2v) is 7.04. The van der Waals surface area contributed by atoms with Gasteiger partial charge in [-0.2, -0.15) is 0 Å². The van der Waals surface area contributed by atoms with Gasteiger partial charge in [0.2, 0.25) is 12.7 Å². The van der Waals surface area contributed by atoms with E-state index in [1.807, 2.05) is 0 Å². The molecule has 2 aromatic rings. The molecule has 1 aliphatic rings. The molecule has 0 aliphatic carbocycles. The van der Waals surface area contributed by atoms with Crippen LogP contribution in [0, 0.1) is 5.41 Å². The average Bonchev–Trinajstić information content (AvgIpc) is 3.25. The molecule has 6 N–H and O–H groups in total. The summed E-state index contributed by atoms with van der Waals surface area (Å²) in [4.78, 5) is 37.1. The molecule has 0 fully saturated rings. The van der Waals surface area contributed by atoms with E-state index in [1.165, 1.54) is 6.07 Å².